The summed E-state index contributed by atoms with van der Waals surface area (Å²) in [5.74, 6) is -1.68. The number of furan rings is 1. The summed E-state index contributed by atoms with van der Waals surface area (Å²) >= 11 is 0. The molecule has 0 bridgehead atoms. The molecule has 4 aromatic rings. The van der Waals surface area contributed by atoms with E-state index in [0.717, 1.165) is 0 Å². The van der Waals surface area contributed by atoms with Crippen molar-refractivity contribution in [2.75, 3.05) is 0 Å². The van der Waals surface area contributed by atoms with Crippen molar-refractivity contribution in [3.63, 3.8) is 0 Å². The Morgan fingerprint density at radius 2 is 1.78 bits per heavy atom. The molecule has 1 heterocycles. The molecular weight excluding hydrogens is 417 g/mol. The van der Waals surface area contributed by atoms with Gasteiger partial charge in [-0.3, -0.25) is 14.9 Å². The third kappa shape index (κ3) is 3.62. The van der Waals surface area contributed by atoms with E-state index < -0.39 is 16.7 Å². The van der Waals surface area contributed by atoms with Crippen LogP contribution in [0.25, 0.3) is 33.4 Å². The van der Waals surface area contributed by atoms with E-state index in [4.69, 9.17) is 4.42 Å². The van der Waals surface area contributed by atoms with Crippen LogP contribution in [0.1, 0.15) is 34.1 Å². The predicted octanol–water partition coefficient (Wildman–Crippen LogP) is 6.11. The number of carbonyl (C=O) groups excluding carboxylic acids is 1. The maximum absolute atomic E-state index is 13.4. The summed E-state index contributed by atoms with van der Waals surface area (Å²) in [7, 11) is 0. The van der Waals surface area contributed by atoms with Crippen LogP contribution >= 0.6 is 0 Å². The Bertz CT molecular complexity index is 1390. The molecule has 0 radical (unpaired) electrons. The Labute approximate surface area is 180 Å². The molecular formula is C24H16FNO6. The fourth-order valence-electron chi connectivity index (χ4n) is 3.59. The van der Waals surface area contributed by atoms with Crippen LogP contribution in [-0.4, -0.2) is 21.8 Å². The number of nitrogens with zero attached hydrogens (tertiary/aromatic N) is 1. The van der Waals surface area contributed by atoms with Crippen molar-refractivity contribution < 1.29 is 28.4 Å². The maximum atomic E-state index is 13.4. The lowest BCUT2D eigenvalue weighted by atomic mass is 9.96. The largest absolute Gasteiger partial charge is 0.478 e. The van der Waals surface area contributed by atoms with E-state index in [2.05, 4.69) is 0 Å². The summed E-state index contributed by atoms with van der Waals surface area (Å²) in [6.07, 6.45) is 0.156. The van der Waals surface area contributed by atoms with E-state index in [-0.39, 0.29) is 45.9 Å². The van der Waals surface area contributed by atoms with Gasteiger partial charge in [-0.2, -0.15) is 0 Å². The van der Waals surface area contributed by atoms with Crippen molar-refractivity contribution in [3.8, 4) is 22.5 Å². The summed E-state index contributed by atoms with van der Waals surface area (Å²) in [5.41, 5.74) is 0.970. The highest BCUT2D eigenvalue weighted by Gasteiger charge is 2.26. The first-order chi connectivity index (χ1) is 15.3. The number of hydrogen-bond acceptors (Lipinski definition) is 5. The zero-order valence-corrected chi connectivity index (χ0v) is 16.8. The minimum absolute atomic E-state index is 0.0269. The second-order valence-corrected chi connectivity index (χ2v) is 7.10. The highest BCUT2D eigenvalue weighted by Crippen LogP contribution is 2.41. The number of carbonyl (C=O) groups is 2. The number of hydrogen-bond donors (Lipinski definition) is 1. The van der Waals surface area contributed by atoms with Crippen molar-refractivity contribution >= 4 is 28.4 Å². The summed E-state index contributed by atoms with van der Waals surface area (Å²) in [6.45, 7) is 1.68. The minimum atomic E-state index is -1.17. The Balaban J connectivity index is 2.04. The third-order valence-corrected chi connectivity index (χ3v) is 5.13. The van der Waals surface area contributed by atoms with Gasteiger partial charge in [0, 0.05) is 17.4 Å². The van der Waals surface area contributed by atoms with Gasteiger partial charge in [-0.25, -0.2) is 9.18 Å². The zero-order valence-electron chi connectivity index (χ0n) is 16.8. The molecule has 0 aliphatic heterocycles. The molecule has 0 saturated heterocycles. The van der Waals surface area contributed by atoms with E-state index in [9.17, 15) is 29.2 Å². The number of rotatable bonds is 6. The summed E-state index contributed by atoms with van der Waals surface area (Å²) in [6, 6.07) is 13.8. The molecule has 0 aliphatic carbocycles. The lowest BCUT2D eigenvalue weighted by Crippen LogP contribution is -1.99. The van der Waals surface area contributed by atoms with Crippen molar-refractivity contribution in [3.05, 3.63) is 87.7 Å². The average Bonchev–Trinajstić information content (AvgIpc) is 3.16. The normalized spacial score (nSPS) is 10.9. The van der Waals surface area contributed by atoms with Crippen LogP contribution in [0.4, 0.5) is 10.1 Å². The molecule has 7 nitrogen and oxygen atoms in total. The van der Waals surface area contributed by atoms with Gasteiger partial charge < -0.3 is 9.52 Å². The van der Waals surface area contributed by atoms with Gasteiger partial charge in [0.15, 0.2) is 5.78 Å². The van der Waals surface area contributed by atoms with E-state index in [1.165, 1.54) is 54.6 Å². The molecule has 0 unspecified atom stereocenters. The molecule has 1 aromatic heterocycles. The van der Waals surface area contributed by atoms with Crippen LogP contribution in [-0.2, 0) is 0 Å². The van der Waals surface area contributed by atoms with E-state index in [1.54, 1.807) is 13.0 Å². The fourth-order valence-corrected chi connectivity index (χ4v) is 3.59. The van der Waals surface area contributed by atoms with Gasteiger partial charge in [0.05, 0.1) is 27.7 Å². The van der Waals surface area contributed by atoms with Crippen LogP contribution in [0.5, 0.6) is 0 Å². The number of Topliss-reactive ketones (excluding diaryl/α,β-unsaturated/α-hetero) is 1. The van der Waals surface area contributed by atoms with Crippen LogP contribution in [0, 0.1) is 15.9 Å². The molecule has 160 valence electrons. The van der Waals surface area contributed by atoms with Crippen molar-refractivity contribution in [1.29, 1.82) is 0 Å². The van der Waals surface area contributed by atoms with Gasteiger partial charge in [-0.15, -0.1) is 0 Å². The van der Waals surface area contributed by atoms with Crippen molar-refractivity contribution in [2.24, 2.45) is 0 Å². The molecule has 0 fully saturated rings. The number of nitro groups is 1. The Kier molecular flexibility index (Phi) is 5.28. The third-order valence-electron chi connectivity index (χ3n) is 5.13. The van der Waals surface area contributed by atoms with Gasteiger partial charge in [-0.05, 0) is 48.0 Å². The zero-order chi connectivity index (χ0) is 23.0. The number of carboxylic acids is 1. The summed E-state index contributed by atoms with van der Waals surface area (Å²) < 4.78 is 19.2. The number of carboxylic acid groups (broad SMARTS) is 1. The molecule has 0 amide bonds. The summed E-state index contributed by atoms with van der Waals surface area (Å²) in [5, 5.41) is 21.4. The standard InChI is InChI=1S/C24H16FNO6/c1-2-20(27)22-18-11-17(14-4-3-5-15(10-14)24(28)29)19(26(30)31)12-21(18)32-23(22)13-6-8-16(25)9-7-13/h3-12H,2H2,1H3,(H,28,29). The molecule has 0 saturated carbocycles. The van der Waals surface area contributed by atoms with Crippen LogP contribution < -0.4 is 0 Å². The molecule has 0 atom stereocenters. The van der Waals surface area contributed by atoms with Crippen LogP contribution in [0.2, 0.25) is 0 Å². The number of nitro benzene ring substituents is 1. The number of aromatic carboxylic acids is 1. The second-order valence-electron chi connectivity index (χ2n) is 7.10. The highest BCUT2D eigenvalue weighted by atomic mass is 19.1. The first kappa shape index (κ1) is 20.9. The fraction of sp³-hybridized carbons (Fsp3) is 0.0833. The molecule has 0 spiro atoms. The van der Waals surface area contributed by atoms with E-state index >= 15 is 0 Å². The molecule has 3 aromatic carbocycles. The number of ketones is 1. The first-order valence-corrected chi connectivity index (χ1v) is 9.68. The van der Waals surface area contributed by atoms with Gasteiger partial charge in [0.1, 0.15) is 17.2 Å². The Hall–Kier alpha value is -4.33. The first-order valence-electron chi connectivity index (χ1n) is 9.68. The predicted molar refractivity (Wildman–Crippen MR) is 115 cm³/mol. The number of halogens is 1. The molecule has 1 N–H and O–H groups in total. The SMILES string of the molecule is CCC(=O)c1c(-c2ccc(F)cc2)oc2cc([N+](=O)[O-])c(-c3cccc(C(=O)O)c3)cc12. The number of fused-ring (bicyclic) bond motifs is 1. The average molecular weight is 433 g/mol. The van der Waals surface area contributed by atoms with Gasteiger partial charge >= 0.3 is 5.97 Å². The molecule has 0 aliphatic rings. The number of benzene rings is 3. The lowest BCUT2D eigenvalue weighted by Gasteiger charge is -2.06. The topological polar surface area (TPSA) is 111 Å². The molecule has 32 heavy (non-hydrogen) atoms. The van der Waals surface area contributed by atoms with E-state index in [0.29, 0.717) is 16.5 Å². The van der Waals surface area contributed by atoms with Crippen LogP contribution in [0.15, 0.2) is 65.1 Å². The maximum Gasteiger partial charge on any atom is 0.335 e. The molecule has 4 rings (SSSR count). The van der Waals surface area contributed by atoms with Crippen molar-refractivity contribution in [1.82, 2.24) is 0 Å². The smallest absolute Gasteiger partial charge is 0.335 e. The minimum Gasteiger partial charge on any atom is -0.478 e. The second kappa shape index (κ2) is 8.07. The monoisotopic (exact) mass is 433 g/mol. The van der Waals surface area contributed by atoms with Gasteiger partial charge in [0.25, 0.3) is 5.69 Å². The molecule has 8 heteroatoms. The van der Waals surface area contributed by atoms with Gasteiger partial charge in [-0.1, -0.05) is 19.1 Å². The Morgan fingerprint density at radius 1 is 1.06 bits per heavy atom. The Morgan fingerprint density at radius 3 is 2.41 bits per heavy atom. The highest BCUT2D eigenvalue weighted by molar-refractivity contribution is 6.13. The summed E-state index contributed by atoms with van der Waals surface area (Å²) in [4.78, 5) is 35.4. The lowest BCUT2D eigenvalue weighted by molar-refractivity contribution is -0.384. The quantitative estimate of drug-likeness (QED) is 0.223. The van der Waals surface area contributed by atoms with E-state index in [1.807, 2.05) is 0 Å². The van der Waals surface area contributed by atoms with Gasteiger partial charge in [0.2, 0.25) is 0 Å². The van der Waals surface area contributed by atoms with Crippen molar-refractivity contribution in [2.45, 2.75) is 13.3 Å². The van der Waals surface area contributed by atoms with Crippen LogP contribution in [0.3, 0.4) is 0 Å².